The average molecular weight is 437 g/mol. The van der Waals surface area contributed by atoms with Gasteiger partial charge in [0.15, 0.2) is 11.2 Å². The van der Waals surface area contributed by atoms with Crippen molar-refractivity contribution in [3.05, 3.63) is 108 Å². The molecular formula is C28H24N2O3. The van der Waals surface area contributed by atoms with Crippen molar-refractivity contribution < 1.29 is 14.3 Å². The largest absolute Gasteiger partial charge is 0.457 e. The molecule has 3 aromatic carbocycles. The number of fused-ring (bicyclic) bond motifs is 1. The highest BCUT2D eigenvalue weighted by Crippen LogP contribution is 2.28. The van der Waals surface area contributed by atoms with Crippen molar-refractivity contribution in [2.45, 2.75) is 25.9 Å². The minimum atomic E-state index is -0.819. The number of hydrogen-bond donors (Lipinski definition) is 1. The topological polar surface area (TPSA) is 68.4 Å². The smallest absolute Gasteiger partial charge is 0.225 e. The number of oxazole rings is 1. The summed E-state index contributed by atoms with van der Waals surface area (Å²) < 4.78 is 11.8. The Hall–Kier alpha value is -3.96. The van der Waals surface area contributed by atoms with Crippen LogP contribution in [0.4, 0.5) is 0 Å². The monoisotopic (exact) mass is 436 g/mol. The minimum Gasteiger partial charge on any atom is -0.457 e. The number of para-hydroxylation sites is 1. The summed E-state index contributed by atoms with van der Waals surface area (Å²) in [6.45, 7) is 2.06. The zero-order chi connectivity index (χ0) is 22.6. The molecule has 2 aromatic heterocycles. The van der Waals surface area contributed by atoms with Crippen LogP contribution < -0.4 is 4.74 Å². The molecule has 5 rings (SSSR count). The van der Waals surface area contributed by atoms with E-state index < -0.39 is 6.10 Å². The number of aromatic nitrogens is 2. The lowest BCUT2D eigenvalue weighted by atomic mass is 10.1. The first-order valence-electron chi connectivity index (χ1n) is 11.0. The molecule has 2 heterocycles. The Bertz CT molecular complexity index is 1360. The normalized spacial score (nSPS) is 12.1. The lowest BCUT2D eigenvalue weighted by Crippen LogP contribution is -2.00. The molecular weight excluding hydrogens is 412 g/mol. The van der Waals surface area contributed by atoms with Crippen LogP contribution in [0, 0.1) is 6.92 Å². The number of aliphatic hydroxyl groups excluding tert-OH is 1. The lowest BCUT2D eigenvalue weighted by molar-refractivity contribution is 0.137. The average Bonchev–Trinajstić information content (AvgIpc) is 3.28. The van der Waals surface area contributed by atoms with Gasteiger partial charge in [-0.25, -0.2) is 4.98 Å². The van der Waals surface area contributed by atoms with E-state index in [1.807, 2.05) is 60.7 Å². The molecule has 5 heteroatoms. The molecule has 0 aliphatic rings. The van der Waals surface area contributed by atoms with Crippen LogP contribution >= 0.6 is 0 Å². The van der Waals surface area contributed by atoms with Gasteiger partial charge in [0.25, 0.3) is 0 Å². The second-order valence-electron chi connectivity index (χ2n) is 8.08. The molecule has 1 unspecified atom stereocenters. The zero-order valence-corrected chi connectivity index (χ0v) is 18.3. The molecule has 0 aliphatic carbocycles. The number of nitrogens with zero attached hydrogens (tertiary/aromatic N) is 2. The maximum absolute atomic E-state index is 10.7. The van der Waals surface area contributed by atoms with Gasteiger partial charge < -0.3 is 14.3 Å². The van der Waals surface area contributed by atoms with E-state index in [0.717, 1.165) is 28.2 Å². The molecule has 0 bridgehead atoms. The van der Waals surface area contributed by atoms with Gasteiger partial charge in [-0.3, -0.25) is 0 Å². The molecule has 1 atom stereocenters. The van der Waals surface area contributed by atoms with E-state index in [0.29, 0.717) is 24.1 Å². The van der Waals surface area contributed by atoms with E-state index in [1.54, 1.807) is 6.20 Å². The van der Waals surface area contributed by atoms with Crippen LogP contribution in [0.2, 0.25) is 0 Å². The highest BCUT2D eigenvalue weighted by Gasteiger charge is 2.17. The summed E-state index contributed by atoms with van der Waals surface area (Å²) in [6, 6.07) is 27.7. The second kappa shape index (κ2) is 9.27. The van der Waals surface area contributed by atoms with Crippen molar-refractivity contribution in [1.29, 1.82) is 0 Å². The number of hydrogen-bond acceptors (Lipinski definition) is 5. The van der Waals surface area contributed by atoms with E-state index in [1.165, 1.54) is 5.56 Å². The molecule has 33 heavy (non-hydrogen) atoms. The fraction of sp³-hybridized carbons (Fsp3) is 0.143. The van der Waals surface area contributed by atoms with Gasteiger partial charge in [-0.05, 0) is 61.2 Å². The molecule has 0 saturated carbocycles. The number of pyridine rings is 1. The molecule has 0 amide bonds. The maximum atomic E-state index is 10.7. The van der Waals surface area contributed by atoms with Crippen molar-refractivity contribution >= 4 is 11.2 Å². The van der Waals surface area contributed by atoms with Crippen LogP contribution in [0.3, 0.4) is 0 Å². The first-order chi connectivity index (χ1) is 16.1. The van der Waals surface area contributed by atoms with Crippen LogP contribution in [-0.2, 0) is 6.42 Å². The maximum Gasteiger partial charge on any atom is 0.225 e. The Morgan fingerprint density at radius 2 is 1.67 bits per heavy atom. The SMILES string of the molecule is Cc1ccc(-c2cnc3nc(C(O)CCc4cccc(Oc5ccccc5)c4)oc3c2)cc1. The third kappa shape index (κ3) is 4.94. The minimum absolute atomic E-state index is 0.287. The standard InChI is InChI=1S/C28H24N2O3/c1-19-10-13-21(14-11-19)22-17-26-27(29-18-22)30-28(33-26)25(31)15-12-20-6-5-9-24(16-20)32-23-7-3-2-4-8-23/h2-11,13-14,16-18,25,31H,12,15H2,1H3. The third-order valence-electron chi connectivity index (χ3n) is 5.52. The zero-order valence-electron chi connectivity index (χ0n) is 18.3. The molecule has 0 fully saturated rings. The van der Waals surface area contributed by atoms with Crippen molar-refractivity contribution in [2.24, 2.45) is 0 Å². The predicted octanol–water partition coefficient (Wildman–Crippen LogP) is 6.66. The van der Waals surface area contributed by atoms with Crippen molar-refractivity contribution in [3.63, 3.8) is 0 Å². The van der Waals surface area contributed by atoms with Gasteiger partial charge >= 0.3 is 0 Å². The van der Waals surface area contributed by atoms with Gasteiger partial charge in [0.2, 0.25) is 5.89 Å². The Morgan fingerprint density at radius 1 is 0.879 bits per heavy atom. The molecule has 1 N–H and O–H groups in total. The van der Waals surface area contributed by atoms with Crippen molar-refractivity contribution in [3.8, 4) is 22.6 Å². The van der Waals surface area contributed by atoms with Gasteiger partial charge in [-0.2, -0.15) is 4.98 Å². The van der Waals surface area contributed by atoms with Gasteiger partial charge in [-0.1, -0.05) is 60.2 Å². The summed E-state index contributed by atoms with van der Waals surface area (Å²) in [5.41, 5.74) is 5.35. The van der Waals surface area contributed by atoms with Gasteiger partial charge in [0.05, 0.1) is 0 Å². The number of aliphatic hydroxyl groups is 1. The van der Waals surface area contributed by atoms with Crippen molar-refractivity contribution in [2.75, 3.05) is 0 Å². The van der Waals surface area contributed by atoms with E-state index in [4.69, 9.17) is 9.15 Å². The van der Waals surface area contributed by atoms with E-state index in [-0.39, 0.29) is 5.89 Å². The molecule has 5 nitrogen and oxygen atoms in total. The highest BCUT2D eigenvalue weighted by atomic mass is 16.5. The lowest BCUT2D eigenvalue weighted by Gasteiger charge is -2.09. The van der Waals surface area contributed by atoms with Gasteiger partial charge in [-0.15, -0.1) is 0 Å². The first kappa shape index (κ1) is 20.9. The number of aryl methyl sites for hydroxylation is 2. The van der Waals surface area contributed by atoms with Crippen LogP contribution in [0.5, 0.6) is 11.5 Å². The fourth-order valence-corrected chi connectivity index (χ4v) is 3.70. The Morgan fingerprint density at radius 3 is 2.48 bits per heavy atom. The van der Waals surface area contributed by atoms with E-state index in [9.17, 15) is 5.11 Å². The summed E-state index contributed by atoms with van der Waals surface area (Å²) in [5.74, 6) is 1.84. The predicted molar refractivity (Wildman–Crippen MR) is 128 cm³/mol. The summed E-state index contributed by atoms with van der Waals surface area (Å²) in [5, 5.41) is 10.7. The Kier molecular flexibility index (Phi) is 5.87. The molecule has 0 aliphatic heterocycles. The van der Waals surface area contributed by atoms with Crippen LogP contribution in [0.25, 0.3) is 22.4 Å². The summed E-state index contributed by atoms with van der Waals surface area (Å²) in [6.07, 6.45) is 2.10. The number of rotatable bonds is 7. The summed E-state index contributed by atoms with van der Waals surface area (Å²) in [7, 11) is 0. The van der Waals surface area contributed by atoms with Gasteiger partial charge in [0.1, 0.15) is 17.6 Å². The number of ether oxygens (including phenoxy) is 1. The van der Waals surface area contributed by atoms with Crippen LogP contribution in [0.1, 0.15) is 29.5 Å². The van der Waals surface area contributed by atoms with E-state index >= 15 is 0 Å². The van der Waals surface area contributed by atoms with E-state index in [2.05, 4.69) is 41.2 Å². The van der Waals surface area contributed by atoms with Crippen molar-refractivity contribution in [1.82, 2.24) is 9.97 Å². The fourth-order valence-electron chi connectivity index (χ4n) is 3.70. The van der Waals surface area contributed by atoms with Crippen LogP contribution in [-0.4, -0.2) is 15.1 Å². The third-order valence-corrected chi connectivity index (χ3v) is 5.52. The molecule has 5 aromatic rings. The quantitative estimate of drug-likeness (QED) is 0.309. The first-order valence-corrected chi connectivity index (χ1v) is 11.0. The Balaban J connectivity index is 1.27. The molecule has 164 valence electrons. The second-order valence-corrected chi connectivity index (χ2v) is 8.08. The summed E-state index contributed by atoms with van der Waals surface area (Å²) in [4.78, 5) is 8.82. The van der Waals surface area contributed by atoms with Crippen LogP contribution in [0.15, 0.2) is 95.5 Å². The number of benzene rings is 3. The highest BCUT2D eigenvalue weighted by molar-refractivity contribution is 5.76. The molecule has 0 saturated heterocycles. The Labute approximate surface area is 192 Å². The van der Waals surface area contributed by atoms with Gasteiger partial charge in [0, 0.05) is 11.8 Å². The molecule has 0 radical (unpaired) electrons. The molecule has 0 spiro atoms. The summed E-state index contributed by atoms with van der Waals surface area (Å²) >= 11 is 0.